The molecule has 36 heavy (non-hydrogen) atoms. The number of carbonyl (C=O) groups is 2. The van der Waals surface area contributed by atoms with Gasteiger partial charge in [-0.3, -0.25) is 19.0 Å². The third-order valence-corrected chi connectivity index (χ3v) is 6.95. The van der Waals surface area contributed by atoms with E-state index in [4.69, 9.17) is 11.6 Å². The van der Waals surface area contributed by atoms with Crippen LogP contribution < -0.4 is 16.2 Å². The van der Waals surface area contributed by atoms with Crippen LogP contribution in [0.1, 0.15) is 26.4 Å². The molecular formula is C24H18ClF3N4O3S. The molecule has 0 aliphatic carbocycles. The van der Waals surface area contributed by atoms with Crippen molar-refractivity contribution in [3.05, 3.63) is 85.7 Å². The fourth-order valence-electron chi connectivity index (χ4n) is 3.48. The van der Waals surface area contributed by atoms with Crippen LogP contribution in [0.2, 0.25) is 5.02 Å². The summed E-state index contributed by atoms with van der Waals surface area (Å²) in [4.78, 5) is 42.9. The largest absolute Gasteiger partial charge is 0.416 e. The first-order valence-corrected chi connectivity index (χ1v) is 11.7. The minimum Gasteiger partial charge on any atom is -0.324 e. The van der Waals surface area contributed by atoms with Crippen LogP contribution in [0, 0.1) is 13.8 Å². The SMILES string of the molecule is Cc1ccc(NC(=O)Cn2cnc3sc(C(=O)Nc4cccc(C(F)(F)F)c4)c(C)c3c2=O)cc1Cl. The molecule has 2 amide bonds. The van der Waals surface area contributed by atoms with Crippen molar-refractivity contribution in [1.82, 2.24) is 9.55 Å². The van der Waals surface area contributed by atoms with E-state index < -0.39 is 29.1 Å². The predicted octanol–water partition coefficient (Wildman–Crippen LogP) is 5.64. The molecule has 0 atom stereocenters. The van der Waals surface area contributed by atoms with Gasteiger partial charge in [-0.15, -0.1) is 11.3 Å². The zero-order valence-corrected chi connectivity index (χ0v) is 20.4. The zero-order valence-electron chi connectivity index (χ0n) is 18.9. The normalized spacial score (nSPS) is 11.5. The van der Waals surface area contributed by atoms with Crippen molar-refractivity contribution in [3.63, 3.8) is 0 Å². The summed E-state index contributed by atoms with van der Waals surface area (Å²) in [6, 6.07) is 9.27. The maximum Gasteiger partial charge on any atom is 0.416 e. The Morgan fingerprint density at radius 2 is 1.81 bits per heavy atom. The second-order valence-electron chi connectivity index (χ2n) is 7.96. The number of anilines is 2. The number of amides is 2. The summed E-state index contributed by atoms with van der Waals surface area (Å²) in [6.07, 6.45) is -3.35. The molecule has 2 heterocycles. The fraction of sp³-hybridized carbons (Fsp3) is 0.167. The topological polar surface area (TPSA) is 93.1 Å². The van der Waals surface area contributed by atoms with Gasteiger partial charge in [-0.2, -0.15) is 13.2 Å². The molecule has 0 aliphatic heterocycles. The van der Waals surface area contributed by atoms with E-state index in [9.17, 15) is 27.6 Å². The lowest BCUT2D eigenvalue weighted by Gasteiger charge is -2.09. The van der Waals surface area contributed by atoms with E-state index >= 15 is 0 Å². The van der Waals surface area contributed by atoms with Gasteiger partial charge in [-0.05, 0) is 55.3 Å². The first-order valence-electron chi connectivity index (χ1n) is 10.5. The highest BCUT2D eigenvalue weighted by molar-refractivity contribution is 7.20. The molecule has 0 unspecified atom stereocenters. The van der Waals surface area contributed by atoms with E-state index in [2.05, 4.69) is 15.6 Å². The zero-order chi connectivity index (χ0) is 26.2. The van der Waals surface area contributed by atoms with Crippen molar-refractivity contribution >= 4 is 56.3 Å². The molecule has 2 N–H and O–H groups in total. The molecule has 7 nitrogen and oxygen atoms in total. The quantitative estimate of drug-likeness (QED) is 0.347. The minimum atomic E-state index is -4.55. The third-order valence-electron chi connectivity index (χ3n) is 5.34. The van der Waals surface area contributed by atoms with Gasteiger partial charge >= 0.3 is 6.18 Å². The number of halogens is 4. The summed E-state index contributed by atoms with van der Waals surface area (Å²) in [5, 5.41) is 5.74. The number of rotatable bonds is 5. The molecule has 0 spiro atoms. The van der Waals surface area contributed by atoms with Gasteiger partial charge in [0.25, 0.3) is 11.5 Å². The highest BCUT2D eigenvalue weighted by atomic mass is 35.5. The molecule has 2 aromatic carbocycles. The number of thiophene rings is 1. The first-order chi connectivity index (χ1) is 16.9. The highest BCUT2D eigenvalue weighted by Gasteiger charge is 2.30. The summed E-state index contributed by atoms with van der Waals surface area (Å²) in [5.74, 6) is -1.15. The van der Waals surface area contributed by atoms with Crippen LogP contribution >= 0.6 is 22.9 Å². The summed E-state index contributed by atoms with van der Waals surface area (Å²) in [7, 11) is 0. The van der Waals surface area contributed by atoms with Gasteiger partial charge in [0.2, 0.25) is 5.91 Å². The van der Waals surface area contributed by atoms with Gasteiger partial charge in [0.1, 0.15) is 11.4 Å². The van der Waals surface area contributed by atoms with E-state index in [0.717, 1.165) is 33.6 Å². The Morgan fingerprint density at radius 3 is 2.50 bits per heavy atom. The van der Waals surface area contributed by atoms with Gasteiger partial charge in [0, 0.05) is 16.4 Å². The Labute approximate surface area is 211 Å². The van der Waals surface area contributed by atoms with Crippen molar-refractivity contribution in [1.29, 1.82) is 0 Å². The maximum atomic E-state index is 13.1. The highest BCUT2D eigenvalue weighted by Crippen LogP contribution is 2.32. The summed E-state index contributed by atoms with van der Waals surface area (Å²) < 4.78 is 40.0. The number of hydrogen-bond acceptors (Lipinski definition) is 5. The number of carbonyl (C=O) groups excluding carboxylic acids is 2. The number of hydrogen-bond donors (Lipinski definition) is 2. The number of aromatic nitrogens is 2. The van der Waals surface area contributed by atoms with Gasteiger partial charge in [-0.1, -0.05) is 23.7 Å². The van der Waals surface area contributed by atoms with E-state index in [-0.39, 0.29) is 27.3 Å². The van der Waals surface area contributed by atoms with Crippen molar-refractivity contribution in [2.45, 2.75) is 26.6 Å². The minimum absolute atomic E-state index is 0.0371. The lowest BCUT2D eigenvalue weighted by atomic mass is 10.1. The Balaban J connectivity index is 1.56. The molecular weight excluding hydrogens is 517 g/mol. The number of alkyl halides is 3. The van der Waals surface area contributed by atoms with Crippen molar-refractivity contribution < 1.29 is 22.8 Å². The van der Waals surface area contributed by atoms with Crippen LogP contribution in [0.25, 0.3) is 10.2 Å². The van der Waals surface area contributed by atoms with E-state index in [0.29, 0.717) is 16.3 Å². The lowest BCUT2D eigenvalue weighted by Crippen LogP contribution is -2.28. The Hall–Kier alpha value is -3.70. The average molecular weight is 535 g/mol. The molecule has 2 aromatic heterocycles. The molecule has 4 aromatic rings. The molecule has 4 rings (SSSR count). The lowest BCUT2D eigenvalue weighted by molar-refractivity contribution is -0.137. The molecule has 186 valence electrons. The van der Waals surface area contributed by atoms with Gasteiger partial charge in [0.05, 0.1) is 22.2 Å². The van der Waals surface area contributed by atoms with E-state index in [1.165, 1.54) is 18.5 Å². The Bertz CT molecular complexity index is 1560. The molecule has 12 heteroatoms. The molecule has 0 saturated carbocycles. The first kappa shape index (κ1) is 25.4. The Morgan fingerprint density at radius 1 is 1.08 bits per heavy atom. The molecule has 0 saturated heterocycles. The monoisotopic (exact) mass is 534 g/mol. The predicted molar refractivity (Wildman–Crippen MR) is 133 cm³/mol. The van der Waals surface area contributed by atoms with Crippen molar-refractivity contribution in [3.8, 4) is 0 Å². The standard InChI is InChI=1S/C24H18ClF3N4O3S/c1-12-6-7-16(9-17(12)25)30-18(33)10-32-11-29-22-19(23(32)35)13(2)20(36-22)21(34)31-15-5-3-4-14(8-15)24(26,27)28/h3-9,11H,10H2,1-2H3,(H,30,33)(H,31,34). The number of aryl methyl sites for hydroxylation is 2. The third kappa shape index (κ3) is 5.26. The fourth-order valence-corrected chi connectivity index (χ4v) is 4.69. The van der Waals surface area contributed by atoms with Crippen LogP contribution in [0.3, 0.4) is 0 Å². The van der Waals surface area contributed by atoms with Gasteiger partial charge in [-0.25, -0.2) is 4.98 Å². The van der Waals surface area contributed by atoms with Crippen LogP contribution in [-0.2, 0) is 17.5 Å². The molecule has 0 bridgehead atoms. The van der Waals surface area contributed by atoms with Gasteiger partial charge in [0.15, 0.2) is 0 Å². The van der Waals surface area contributed by atoms with Gasteiger partial charge < -0.3 is 10.6 Å². The van der Waals surface area contributed by atoms with Crippen LogP contribution in [0.5, 0.6) is 0 Å². The summed E-state index contributed by atoms with van der Waals surface area (Å²) >= 11 is 7.01. The second kappa shape index (κ2) is 9.75. The van der Waals surface area contributed by atoms with Crippen LogP contribution in [-0.4, -0.2) is 21.4 Å². The number of fused-ring (bicyclic) bond motifs is 1. The van der Waals surface area contributed by atoms with E-state index in [1.807, 2.05) is 6.92 Å². The second-order valence-corrected chi connectivity index (χ2v) is 9.37. The molecule has 0 radical (unpaired) electrons. The van der Waals surface area contributed by atoms with Crippen LogP contribution in [0.4, 0.5) is 24.5 Å². The van der Waals surface area contributed by atoms with E-state index in [1.54, 1.807) is 25.1 Å². The van der Waals surface area contributed by atoms with Crippen molar-refractivity contribution in [2.75, 3.05) is 10.6 Å². The molecule has 0 fully saturated rings. The average Bonchev–Trinajstić information content (AvgIpc) is 3.15. The number of benzene rings is 2. The van der Waals surface area contributed by atoms with Crippen molar-refractivity contribution in [2.24, 2.45) is 0 Å². The van der Waals surface area contributed by atoms with Crippen LogP contribution in [0.15, 0.2) is 53.6 Å². The number of nitrogens with zero attached hydrogens (tertiary/aromatic N) is 2. The summed E-state index contributed by atoms with van der Waals surface area (Å²) in [6.45, 7) is 3.04. The Kier molecular flexibility index (Phi) is 6.87. The number of nitrogens with one attached hydrogen (secondary N) is 2. The summed E-state index contributed by atoms with van der Waals surface area (Å²) in [5.41, 5.74) is 0.175. The smallest absolute Gasteiger partial charge is 0.324 e. The molecule has 0 aliphatic rings. The maximum absolute atomic E-state index is 13.1.